The summed E-state index contributed by atoms with van der Waals surface area (Å²) in [4.78, 5) is 12.0. The van der Waals surface area contributed by atoms with Gasteiger partial charge in [0.05, 0.1) is 11.6 Å². The first kappa shape index (κ1) is 14.8. The topological polar surface area (TPSA) is 56.5 Å². The number of fused-ring (bicyclic) bond motifs is 3. The van der Waals surface area contributed by atoms with E-state index in [1.165, 1.54) is 11.8 Å². The van der Waals surface area contributed by atoms with Gasteiger partial charge in [0.15, 0.2) is 10.8 Å². The van der Waals surface area contributed by atoms with Crippen LogP contribution in [-0.4, -0.2) is 31.9 Å². The third kappa shape index (κ3) is 2.78. The number of carbonyl (C=O) groups is 1. The summed E-state index contributed by atoms with van der Waals surface area (Å²) in [5.41, 5.74) is 1.79. The molecule has 0 aliphatic heterocycles. The van der Waals surface area contributed by atoms with Gasteiger partial charge in [-0.25, -0.2) is 0 Å². The molecule has 0 radical (unpaired) electrons. The first-order valence-electron chi connectivity index (χ1n) is 7.16. The van der Waals surface area contributed by atoms with Crippen LogP contribution in [-0.2, 0) is 9.53 Å². The summed E-state index contributed by atoms with van der Waals surface area (Å²) < 4.78 is 7.21. The standard InChI is InChI=1S/C16H17N3O2S/c1-10(2)21-15(20)11(3)22-16-18-17-14-9-8-12-6-4-5-7-13(12)19(14)16/h4-11H,1-3H3/t11-/m0/s1. The zero-order chi connectivity index (χ0) is 15.7. The third-order valence-corrected chi connectivity index (χ3v) is 4.24. The normalized spacial score (nSPS) is 12.9. The van der Waals surface area contributed by atoms with Gasteiger partial charge in [-0.3, -0.25) is 9.20 Å². The number of benzene rings is 1. The molecule has 3 aromatic rings. The Morgan fingerprint density at radius 2 is 1.91 bits per heavy atom. The lowest BCUT2D eigenvalue weighted by atomic mass is 10.2. The van der Waals surface area contributed by atoms with Crippen molar-refractivity contribution in [1.82, 2.24) is 14.6 Å². The Kier molecular flexibility index (Phi) is 4.02. The van der Waals surface area contributed by atoms with Crippen molar-refractivity contribution in [2.75, 3.05) is 0 Å². The number of hydrogen-bond acceptors (Lipinski definition) is 5. The molecular weight excluding hydrogens is 298 g/mol. The van der Waals surface area contributed by atoms with Crippen LogP contribution in [0.15, 0.2) is 41.6 Å². The number of para-hydroxylation sites is 1. The minimum atomic E-state index is -0.339. The van der Waals surface area contributed by atoms with Gasteiger partial charge in [0, 0.05) is 0 Å². The van der Waals surface area contributed by atoms with E-state index in [1.807, 2.05) is 61.6 Å². The van der Waals surface area contributed by atoms with Crippen molar-refractivity contribution in [2.45, 2.75) is 37.3 Å². The number of ether oxygens (including phenoxy) is 1. The molecule has 0 amide bonds. The predicted molar refractivity (Wildman–Crippen MR) is 87.0 cm³/mol. The van der Waals surface area contributed by atoms with E-state index in [0.717, 1.165) is 16.6 Å². The van der Waals surface area contributed by atoms with Crippen LogP contribution >= 0.6 is 11.8 Å². The van der Waals surface area contributed by atoms with Gasteiger partial charge in [0.25, 0.3) is 0 Å². The smallest absolute Gasteiger partial charge is 0.319 e. The van der Waals surface area contributed by atoms with Crippen LogP contribution in [0.1, 0.15) is 20.8 Å². The number of nitrogens with zero attached hydrogens (tertiary/aromatic N) is 3. The molecule has 0 spiro atoms. The van der Waals surface area contributed by atoms with Crippen LogP contribution in [0.5, 0.6) is 0 Å². The van der Waals surface area contributed by atoms with E-state index >= 15 is 0 Å². The van der Waals surface area contributed by atoms with Crippen molar-refractivity contribution in [2.24, 2.45) is 0 Å². The van der Waals surface area contributed by atoms with Gasteiger partial charge in [-0.1, -0.05) is 30.0 Å². The number of aromatic nitrogens is 3. The van der Waals surface area contributed by atoms with E-state index in [1.54, 1.807) is 0 Å². The maximum absolute atomic E-state index is 12.0. The summed E-state index contributed by atoms with van der Waals surface area (Å²) in [5.74, 6) is -0.239. The van der Waals surface area contributed by atoms with Crippen molar-refractivity contribution in [3.63, 3.8) is 0 Å². The van der Waals surface area contributed by atoms with Crippen LogP contribution in [0.3, 0.4) is 0 Å². The summed E-state index contributed by atoms with van der Waals surface area (Å²) in [6.45, 7) is 5.51. The fourth-order valence-corrected chi connectivity index (χ4v) is 3.08. The molecule has 0 fully saturated rings. The zero-order valence-electron chi connectivity index (χ0n) is 12.7. The van der Waals surface area contributed by atoms with Gasteiger partial charge >= 0.3 is 5.97 Å². The van der Waals surface area contributed by atoms with Crippen LogP contribution in [0.2, 0.25) is 0 Å². The van der Waals surface area contributed by atoms with Gasteiger partial charge in [-0.05, 0) is 44.4 Å². The fraction of sp³-hybridized carbons (Fsp3) is 0.312. The molecule has 6 heteroatoms. The molecule has 1 aromatic carbocycles. The Bertz CT molecular complexity index is 828. The molecule has 0 unspecified atom stereocenters. The van der Waals surface area contributed by atoms with E-state index in [-0.39, 0.29) is 17.3 Å². The number of carbonyl (C=O) groups excluding carboxylic acids is 1. The zero-order valence-corrected chi connectivity index (χ0v) is 13.5. The molecular formula is C16H17N3O2S. The quantitative estimate of drug-likeness (QED) is 0.546. The fourth-order valence-electron chi connectivity index (χ4n) is 2.22. The highest BCUT2D eigenvalue weighted by molar-refractivity contribution is 8.00. The summed E-state index contributed by atoms with van der Waals surface area (Å²) in [7, 11) is 0. The molecule has 114 valence electrons. The molecule has 2 heterocycles. The second-order valence-corrected chi connectivity index (χ2v) is 6.62. The molecule has 0 aliphatic carbocycles. The second-order valence-electron chi connectivity index (χ2n) is 5.31. The van der Waals surface area contributed by atoms with E-state index in [2.05, 4.69) is 10.2 Å². The predicted octanol–water partition coefficient (Wildman–Crippen LogP) is 3.31. The highest BCUT2D eigenvalue weighted by atomic mass is 32.2. The summed E-state index contributed by atoms with van der Waals surface area (Å²) in [6.07, 6.45) is -0.119. The lowest BCUT2D eigenvalue weighted by Crippen LogP contribution is -2.21. The Morgan fingerprint density at radius 1 is 1.14 bits per heavy atom. The number of pyridine rings is 1. The SMILES string of the molecule is CC(C)OC(=O)[C@H](C)Sc1nnc2ccc3ccccc3n12. The molecule has 0 aliphatic rings. The minimum Gasteiger partial charge on any atom is -0.462 e. The summed E-state index contributed by atoms with van der Waals surface area (Å²) >= 11 is 1.36. The third-order valence-electron chi connectivity index (χ3n) is 3.21. The van der Waals surface area contributed by atoms with Crippen molar-refractivity contribution < 1.29 is 9.53 Å². The van der Waals surface area contributed by atoms with E-state index in [4.69, 9.17) is 4.74 Å². The van der Waals surface area contributed by atoms with E-state index in [0.29, 0.717) is 5.16 Å². The number of thioether (sulfide) groups is 1. The second kappa shape index (κ2) is 5.96. The summed E-state index contributed by atoms with van der Waals surface area (Å²) in [6, 6.07) is 12.0. The minimum absolute atomic E-state index is 0.119. The van der Waals surface area contributed by atoms with Crippen LogP contribution in [0.25, 0.3) is 16.6 Å². The number of esters is 1. The number of rotatable bonds is 4. The highest BCUT2D eigenvalue weighted by Gasteiger charge is 2.20. The number of hydrogen-bond donors (Lipinski definition) is 0. The molecule has 0 N–H and O–H groups in total. The van der Waals surface area contributed by atoms with Crippen LogP contribution in [0, 0.1) is 0 Å². The molecule has 0 saturated heterocycles. The van der Waals surface area contributed by atoms with Crippen molar-refractivity contribution >= 4 is 34.3 Å². The van der Waals surface area contributed by atoms with Gasteiger partial charge in [-0.2, -0.15) is 0 Å². The molecule has 3 rings (SSSR count). The maximum Gasteiger partial charge on any atom is 0.319 e. The van der Waals surface area contributed by atoms with E-state index in [9.17, 15) is 4.79 Å². The molecule has 1 atom stereocenters. The Morgan fingerprint density at radius 3 is 2.68 bits per heavy atom. The molecule has 2 aromatic heterocycles. The van der Waals surface area contributed by atoms with Crippen molar-refractivity contribution in [3.05, 3.63) is 36.4 Å². The maximum atomic E-state index is 12.0. The Labute approximate surface area is 132 Å². The largest absolute Gasteiger partial charge is 0.462 e. The van der Waals surface area contributed by atoms with Gasteiger partial charge < -0.3 is 4.74 Å². The Hall–Kier alpha value is -2.08. The Balaban J connectivity index is 1.97. The lowest BCUT2D eigenvalue weighted by molar-refractivity contribution is -0.146. The molecule has 0 bridgehead atoms. The van der Waals surface area contributed by atoms with Crippen LogP contribution < -0.4 is 0 Å². The lowest BCUT2D eigenvalue weighted by Gasteiger charge is -2.13. The first-order chi connectivity index (χ1) is 10.6. The molecule has 0 saturated carbocycles. The monoisotopic (exact) mass is 315 g/mol. The van der Waals surface area contributed by atoms with Crippen LogP contribution in [0.4, 0.5) is 0 Å². The first-order valence-corrected chi connectivity index (χ1v) is 8.04. The van der Waals surface area contributed by atoms with Gasteiger partial charge in [-0.15, -0.1) is 10.2 Å². The van der Waals surface area contributed by atoms with Gasteiger partial charge in [0.1, 0.15) is 5.25 Å². The van der Waals surface area contributed by atoms with Gasteiger partial charge in [0.2, 0.25) is 0 Å². The van der Waals surface area contributed by atoms with E-state index < -0.39 is 0 Å². The van der Waals surface area contributed by atoms with Crippen molar-refractivity contribution in [1.29, 1.82) is 0 Å². The molecule has 5 nitrogen and oxygen atoms in total. The van der Waals surface area contributed by atoms with Crippen molar-refractivity contribution in [3.8, 4) is 0 Å². The summed E-state index contributed by atoms with van der Waals surface area (Å²) in [5, 5.41) is 9.86. The average molecular weight is 315 g/mol. The highest BCUT2D eigenvalue weighted by Crippen LogP contribution is 2.26. The average Bonchev–Trinajstić information content (AvgIpc) is 2.90. The molecule has 22 heavy (non-hydrogen) atoms.